The zero-order valence-corrected chi connectivity index (χ0v) is 14.6. The van der Waals surface area contributed by atoms with Crippen LogP contribution in [-0.4, -0.2) is 23.9 Å². The van der Waals surface area contributed by atoms with Crippen LogP contribution < -0.4 is 10.6 Å². The van der Waals surface area contributed by atoms with Crippen LogP contribution in [0.25, 0.3) is 11.1 Å². The number of hydrogen-bond acceptors (Lipinski definition) is 2. The Morgan fingerprint density at radius 3 is 2.12 bits per heavy atom. The fourth-order valence-corrected chi connectivity index (χ4v) is 2.51. The van der Waals surface area contributed by atoms with Crippen LogP contribution in [0.1, 0.15) is 36.7 Å². The standard InChI is InChI=1S/C20H24N2O2/c1-14-9-5-6-10-15(14)16-11-7-8-12-17(16)19(24)21-13-18(23)22-20(2,3)4/h5-12H,13H2,1-4H3,(H,21,24)(H,22,23). The highest BCUT2D eigenvalue weighted by Gasteiger charge is 2.17. The number of aryl methyl sites for hydroxylation is 1. The first-order valence-corrected chi connectivity index (χ1v) is 8.02. The molecule has 0 aliphatic carbocycles. The van der Waals surface area contributed by atoms with Crippen LogP contribution in [0.3, 0.4) is 0 Å². The van der Waals surface area contributed by atoms with Crippen LogP contribution in [0.15, 0.2) is 48.5 Å². The van der Waals surface area contributed by atoms with E-state index in [0.717, 1.165) is 16.7 Å². The molecule has 0 radical (unpaired) electrons. The number of carbonyl (C=O) groups is 2. The molecule has 126 valence electrons. The monoisotopic (exact) mass is 324 g/mol. The summed E-state index contributed by atoms with van der Waals surface area (Å²) in [5, 5.41) is 5.53. The van der Waals surface area contributed by atoms with Gasteiger partial charge in [-0.3, -0.25) is 9.59 Å². The van der Waals surface area contributed by atoms with Crippen molar-refractivity contribution in [2.75, 3.05) is 6.54 Å². The molecule has 2 amide bonds. The van der Waals surface area contributed by atoms with Gasteiger partial charge in [-0.2, -0.15) is 0 Å². The topological polar surface area (TPSA) is 58.2 Å². The molecule has 0 unspecified atom stereocenters. The number of rotatable bonds is 4. The van der Waals surface area contributed by atoms with Crippen molar-refractivity contribution >= 4 is 11.8 Å². The van der Waals surface area contributed by atoms with E-state index in [1.807, 2.05) is 70.2 Å². The zero-order valence-electron chi connectivity index (χ0n) is 14.6. The molecule has 0 bridgehead atoms. The summed E-state index contributed by atoms with van der Waals surface area (Å²) in [4.78, 5) is 24.4. The molecule has 2 aromatic carbocycles. The van der Waals surface area contributed by atoms with Crippen molar-refractivity contribution in [1.82, 2.24) is 10.6 Å². The lowest BCUT2D eigenvalue weighted by molar-refractivity contribution is -0.121. The Labute approximate surface area is 143 Å². The quantitative estimate of drug-likeness (QED) is 0.906. The summed E-state index contributed by atoms with van der Waals surface area (Å²) in [6, 6.07) is 15.4. The molecular weight excluding hydrogens is 300 g/mol. The number of carbonyl (C=O) groups excluding carboxylic acids is 2. The predicted molar refractivity (Wildman–Crippen MR) is 96.8 cm³/mol. The van der Waals surface area contributed by atoms with Gasteiger partial charge in [-0.15, -0.1) is 0 Å². The Bertz CT molecular complexity index is 745. The second-order valence-corrected chi connectivity index (χ2v) is 6.84. The first-order chi connectivity index (χ1) is 11.3. The fraction of sp³-hybridized carbons (Fsp3) is 0.300. The molecule has 24 heavy (non-hydrogen) atoms. The molecule has 0 saturated carbocycles. The number of amides is 2. The Morgan fingerprint density at radius 1 is 0.917 bits per heavy atom. The fourth-order valence-electron chi connectivity index (χ4n) is 2.51. The molecule has 2 rings (SSSR count). The minimum atomic E-state index is -0.319. The number of hydrogen-bond donors (Lipinski definition) is 2. The van der Waals surface area contributed by atoms with Gasteiger partial charge in [0, 0.05) is 11.1 Å². The predicted octanol–water partition coefficient (Wildman–Crippen LogP) is 3.31. The zero-order chi connectivity index (χ0) is 17.7. The summed E-state index contributed by atoms with van der Waals surface area (Å²) in [6.07, 6.45) is 0. The SMILES string of the molecule is Cc1ccccc1-c1ccccc1C(=O)NCC(=O)NC(C)(C)C. The van der Waals surface area contributed by atoms with Crippen molar-refractivity contribution in [1.29, 1.82) is 0 Å². The first kappa shape index (κ1) is 17.7. The highest BCUT2D eigenvalue weighted by molar-refractivity contribution is 6.02. The van der Waals surface area contributed by atoms with E-state index in [9.17, 15) is 9.59 Å². The van der Waals surface area contributed by atoms with Gasteiger partial charge in [0.2, 0.25) is 5.91 Å². The average Bonchev–Trinajstić information content (AvgIpc) is 2.51. The van der Waals surface area contributed by atoms with Crippen LogP contribution >= 0.6 is 0 Å². The Morgan fingerprint density at radius 2 is 1.50 bits per heavy atom. The van der Waals surface area contributed by atoms with Gasteiger partial charge in [-0.25, -0.2) is 0 Å². The summed E-state index contributed by atoms with van der Waals surface area (Å²) >= 11 is 0. The van der Waals surface area contributed by atoms with E-state index in [0.29, 0.717) is 5.56 Å². The van der Waals surface area contributed by atoms with Gasteiger partial charge in [0.05, 0.1) is 6.54 Å². The molecule has 4 nitrogen and oxygen atoms in total. The maximum absolute atomic E-state index is 12.5. The van der Waals surface area contributed by atoms with Gasteiger partial charge in [-0.1, -0.05) is 42.5 Å². The summed E-state index contributed by atoms with van der Waals surface area (Å²) in [7, 11) is 0. The van der Waals surface area contributed by atoms with Gasteiger partial charge in [0.1, 0.15) is 0 Å². The Balaban J connectivity index is 2.17. The molecule has 4 heteroatoms. The van der Waals surface area contributed by atoms with E-state index in [4.69, 9.17) is 0 Å². The van der Waals surface area contributed by atoms with Gasteiger partial charge < -0.3 is 10.6 Å². The van der Waals surface area contributed by atoms with E-state index in [-0.39, 0.29) is 23.9 Å². The maximum atomic E-state index is 12.5. The molecule has 0 saturated heterocycles. The summed E-state index contributed by atoms with van der Waals surface area (Å²) < 4.78 is 0. The minimum absolute atomic E-state index is 0.0434. The molecule has 0 fully saturated rings. The highest BCUT2D eigenvalue weighted by Crippen LogP contribution is 2.26. The third-order valence-electron chi connectivity index (χ3n) is 3.53. The van der Waals surface area contributed by atoms with Crippen LogP contribution in [-0.2, 0) is 4.79 Å². The second kappa shape index (κ2) is 7.30. The Kier molecular flexibility index (Phi) is 5.39. The van der Waals surface area contributed by atoms with Crippen LogP contribution in [0, 0.1) is 6.92 Å². The van der Waals surface area contributed by atoms with E-state index in [1.165, 1.54) is 0 Å². The molecule has 2 aromatic rings. The van der Waals surface area contributed by atoms with Crippen molar-refractivity contribution in [2.45, 2.75) is 33.2 Å². The van der Waals surface area contributed by atoms with Crippen molar-refractivity contribution in [3.8, 4) is 11.1 Å². The number of benzene rings is 2. The smallest absolute Gasteiger partial charge is 0.252 e. The normalized spacial score (nSPS) is 11.0. The maximum Gasteiger partial charge on any atom is 0.252 e. The first-order valence-electron chi connectivity index (χ1n) is 8.02. The van der Waals surface area contributed by atoms with Gasteiger partial charge in [-0.05, 0) is 50.5 Å². The van der Waals surface area contributed by atoms with Gasteiger partial charge in [0.15, 0.2) is 0 Å². The van der Waals surface area contributed by atoms with E-state index in [2.05, 4.69) is 10.6 Å². The third-order valence-corrected chi connectivity index (χ3v) is 3.53. The van der Waals surface area contributed by atoms with E-state index in [1.54, 1.807) is 6.07 Å². The van der Waals surface area contributed by atoms with Crippen molar-refractivity contribution in [2.24, 2.45) is 0 Å². The molecule has 0 aliphatic rings. The molecule has 0 spiro atoms. The average molecular weight is 324 g/mol. The lowest BCUT2D eigenvalue weighted by Crippen LogP contribution is -2.45. The van der Waals surface area contributed by atoms with Crippen molar-refractivity contribution < 1.29 is 9.59 Å². The van der Waals surface area contributed by atoms with Crippen molar-refractivity contribution in [3.05, 3.63) is 59.7 Å². The third kappa shape index (κ3) is 4.69. The molecule has 0 atom stereocenters. The largest absolute Gasteiger partial charge is 0.350 e. The summed E-state index contributed by atoms with van der Waals surface area (Å²) in [6.45, 7) is 7.68. The molecular formula is C20H24N2O2. The highest BCUT2D eigenvalue weighted by atomic mass is 16.2. The molecule has 0 aromatic heterocycles. The van der Waals surface area contributed by atoms with E-state index < -0.39 is 0 Å². The minimum Gasteiger partial charge on any atom is -0.350 e. The van der Waals surface area contributed by atoms with Gasteiger partial charge in [0.25, 0.3) is 5.91 Å². The second-order valence-electron chi connectivity index (χ2n) is 6.84. The van der Waals surface area contributed by atoms with Crippen LogP contribution in [0.5, 0.6) is 0 Å². The number of nitrogens with one attached hydrogen (secondary N) is 2. The van der Waals surface area contributed by atoms with Crippen LogP contribution in [0.2, 0.25) is 0 Å². The lowest BCUT2D eigenvalue weighted by Gasteiger charge is -2.20. The van der Waals surface area contributed by atoms with E-state index >= 15 is 0 Å². The lowest BCUT2D eigenvalue weighted by atomic mass is 9.95. The molecule has 0 aliphatic heterocycles. The molecule has 2 N–H and O–H groups in total. The summed E-state index contributed by atoms with van der Waals surface area (Å²) in [5.41, 5.74) is 3.23. The summed E-state index contributed by atoms with van der Waals surface area (Å²) in [5.74, 6) is -0.456. The van der Waals surface area contributed by atoms with Crippen LogP contribution in [0.4, 0.5) is 0 Å². The Hall–Kier alpha value is -2.62. The van der Waals surface area contributed by atoms with Crippen molar-refractivity contribution in [3.63, 3.8) is 0 Å². The van der Waals surface area contributed by atoms with Gasteiger partial charge >= 0.3 is 0 Å². The molecule has 0 heterocycles.